The van der Waals surface area contributed by atoms with Gasteiger partial charge in [-0.1, -0.05) is 0 Å². The molecule has 1 aromatic rings. The van der Waals surface area contributed by atoms with Crippen molar-refractivity contribution in [2.45, 2.75) is 31.5 Å². The fourth-order valence-corrected chi connectivity index (χ4v) is 2.82. The normalized spacial score (nSPS) is 33.7. The standard InChI is InChI=1S/C12H18N4O2/c1-6-14-8(5-9(15-6)17-2)16-11-10(13)7-3-4-18-12(7)11/h5,7,10-12H,3-4,13H2,1-2H3,(H,14,15,16). The van der Waals surface area contributed by atoms with Gasteiger partial charge in [0, 0.05) is 24.6 Å². The van der Waals surface area contributed by atoms with Gasteiger partial charge in [-0.3, -0.25) is 0 Å². The van der Waals surface area contributed by atoms with Crippen LogP contribution in [0.4, 0.5) is 5.82 Å². The van der Waals surface area contributed by atoms with Crippen LogP contribution < -0.4 is 15.8 Å². The van der Waals surface area contributed by atoms with Gasteiger partial charge < -0.3 is 20.5 Å². The third-order valence-electron chi connectivity index (χ3n) is 3.78. The van der Waals surface area contributed by atoms with Crippen LogP contribution in [0.3, 0.4) is 0 Å². The minimum absolute atomic E-state index is 0.136. The molecule has 18 heavy (non-hydrogen) atoms. The summed E-state index contributed by atoms with van der Waals surface area (Å²) in [6, 6.07) is 2.05. The van der Waals surface area contributed by atoms with Crippen molar-refractivity contribution < 1.29 is 9.47 Å². The van der Waals surface area contributed by atoms with Gasteiger partial charge in [-0.05, 0) is 13.3 Å². The molecule has 0 spiro atoms. The number of methoxy groups -OCH3 is 1. The molecule has 4 unspecified atom stereocenters. The van der Waals surface area contributed by atoms with Gasteiger partial charge in [-0.15, -0.1) is 0 Å². The molecule has 0 amide bonds. The lowest BCUT2D eigenvalue weighted by Gasteiger charge is -2.45. The van der Waals surface area contributed by atoms with Gasteiger partial charge in [0.25, 0.3) is 0 Å². The molecule has 2 heterocycles. The maximum atomic E-state index is 6.15. The van der Waals surface area contributed by atoms with Crippen LogP contribution >= 0.6 is 0 Å². The molecule has 3 N–H and O–H groups in total. The first kappa shape index (κ1) is 11.7. The second kappa shape index (κ2) is 4.37. The number of fused-ring (bicyclic) bond motifs is 1. The fraction of sp³-hybridized carbons (Fsp3) is 0.667. The van der Waals surface area contributed by atoms with E-state index in [-0.39, 0.29) is 18.2 Å². The van der Waals surface area contributed by atoms with E-state index < -0.39 is 0 Å². The summed E-state index contributed by atoms with van der Waals surface area (Å²) in [5, 5.41) is 3.33. The summed E-state index contributed by atoms with van der Waals surface area (Å²) in [6.07, 6.45) is 1.29. The van der Waals surface area contributed by atoms with E-state index in [2.05, 4.69) is 15.3 Å². The number of anilines is 1. The molecule has 0 radical (unpaired) electrons. The molecule has 2 fully saturated rings. The summed E-state index contributed by atoms with van der Waals surface area (Å²) in [4.78, 5) is 8.49. The molecule has 4 atom stereocenters. The Hall–Kier alpha value is -1.40. The Morgan fingerprint density at radius 3 is 3.11 bits per heavy atom. The summed E-state index contributed by atoms with van der Waals surface area (Å²) in [5.74, 6) is 2.47. The van der Waals surface area contributed by atoms with E-state index in [1.54, 1.807) is 13.2 Å². The van der Waals surface area contributed by atoms with E-state index in [9.17, 15) is 0 Å². The summed E-state index contributed by atoms with van der Waals surface area (Å²) in [5.41, 5.74) is 6.15. The summed E-state index contributed by atoms with van der Waals surface area (Å²) < 4.78 is 10.8. The van der Waals surface area contributed by atoms with Crippen LogP contribution in [0.25, 0.3) is 0 Å². The molecular formula is C12H18N4O2. The van der Waals surface area contributed by atoms with Crippen molar-refractivity contribution in [3.63, 3.8) is 0 Å². The highest BCUT2D eigenvalue weighted by Gasteiger charge is 2.52. The molecule has 3 rings (SSSR count). The number of hydrogen-bond donors (Lipinski definition) is 2. The summed E-state index contributed by atoms with van der Waals surface area (Å²) in [7, 11) is 1.59. The zero-order valence-electron chi connectivity index (χ0n) is 10.6. The Morgan fingerprint density at radius 1 is 1.50 bits per heavy atom. The number of rotatable bonds is 3. The van der Waals surface area contributed by atoms with E-state index in [0.717, 1.165) is 18.8 Å². The predicted octanol–water partition coefficient (Wildman–Crippen LogP) is 0.320. The van der Waals surface area contributed by atoms with Crippen LogP contribution in [-0.2, 0) is 4.74 Å². The van der Waals surface area contributed by atoms with Crippen molar-refractivity contribution in [3.8, 4) is 5.88 Å². The molecule has 2 aliphatic rings. The highest BCUT2D eigenvalue weighted by Crippen LogP contribution is 2.39. The SMILES string of the molecule is COc1cc(NC2C(N)C3CCOC32)nc(C)n1. The van der Waals surface area contributed by atoms with Crippen LogP contribution in [0.5, 0.6) is 5.88 Å². The van der Waals surface area contributed by atoms with Crippen LogP contribution in [0.1, 0.15) is 12.2 Å². The lowest BCUT2D eigenvalue weighted by molar-refractivity contribution is 0.00522. The lowest BCUT2D eigenvalue weighted by atomic mass is 9.72. The van der Waals surface area contributed by atoms with Crippen molar-refractivity contribution >= 4 is 5.82 Å². The maximum Gasteiger partial charge on any atom is 0.218 e. The molecule has 1 saturated carbocycles. The fourth-order valence-electron chi connectivity index (χ4n) is 2.82. The molecular weight excluding hydrogens is 232 g/mol. The predicted molar refractivity (Wildman–Crippen MR) is 66.6 cm³/mol. The Balaban J connectivity index is 1.74. The van der Waals surface area contributed by atoms with Crippen molar-refractivity contribution in [1.82, 2.24) is 9.97 Å². The van der Waals surface area contributed by atoms with Crippen molar-refractivity contribution in [2.24, 2.45) is 11.7 Å². The molecule has 1 aromatic heterocycles. The van der Waals surface area contributed by atoms with E-state index in [0.29, 0.717) is 17.6 Å². The largest absolute Gasteiger partial charge is 0.481 e. The Morgan fingerprint density at radius 2 is 2.33 bits per heavy atom. The van der Waals surface area contributed by atoms with Gasteiger partial charge in [-0.2, -0.15) is 4.98 Å². The number of aryl methyl sites for hydroxylation is 1. The average molecular weight is 250 g/mol. The van der Waals surface area contributed by atoms with Crippen LogP contribution in [0, 0.1) is 12.8 Å². The quantitative estimate of drug-likeness (QED) is 0.804. The van der Waals surface area contributed by atoms with Gasteiger partial charge in [0.15, 0.2) is 0 Å². The van der Waals surface area contributed by atoms with Crippen LogP contribution in [0.2, 0.25) is 0 Å². The van der Waals surface area contributed by atoms with Gasteiger partial charge in [0.05, 0.1) is 19.3 Å². The summed E-state index contributed by atoms with van der Waals surface area (Å²) >= 11 is 0. The maximum absolute atomic E-state index is 6.15. The number of nitrogens with zero attached hydrogens (tertiary/aromatic N) is 2. The highest BCUT2D eigenvalue weighted by molar-refractivity contribution is 5.41. The van der Waals surface area contributed by atoms with Crippen LogP contribution in [0.15, 0.2) is 6.07 Å². The van der Waals surface area contributed by atoms with E-state index in [1.807, 2.05) is 6.92 Å². The minimum Gasteiger partial charge on any atom is -0.481 e. The number of hydrogen-bond acceptors (Lipinski definition) is 6. The Kier molecular flexibility index (Phi) is 2.83. The molecule has 0 bridgehead atoms. The Labute approximate surface area is 106 Å². The highest BCUT2D eigenvalue weighted by atomic mass is 16.5. The van der Waals surface area contributed by atoms with E-state index in [1.165, 1.54) is 0 Å². The average Bonchev–Trinajstić information content (AvgIpc) is 2.80. The van der Waals surface area contributed by atoms with Gasteiger partial charge >= 0.3 is 0 Å². The second-order valence-electron chi connectivity index (χ2n) is 4.88. The first-order valence-electron chi connectivity index (χ1n) is 6.22. The zero-order chi connectivity index (χ0) is 12.7. The third-order valence-corrected chi connectivity index (χ3v) is 3.78. The van der Waals surface area contributed by atoms with Crippen molar-refractivity contribution in [2.75, 3.05) is 19.0 Å². The van der Waals surface area contributed by atoms with Crippen molar-refractivity contribution in [3.05, 3.63) is 11.9 Å². The number of nitrogens with two attached hydrogens (primary N) is 1. The zero-order valence-corrected chi connectivity index (χ0v) is 10.6. The van der Waals surface area contributed by atoms with Gasteiger partial charge in [0.2, 0.25) is 5.88 Å². The number of aromatic nitrogens is 2. The molecule has 0 aromatic carbocycles. The molecule has 6 heteroatoms. The van der Waals surface area contributed by atoms with Gasteiger partial charge in [-0.25, -0.2) is 4.98 Å². The minimum atomic E-state index is 0.136. The number of ether oxygens (including phenoxy) is 2. The van der Waals surface area contributed by atoms with E-state index in [4.69, 9.17) is 15.2 Å². The first-order chi connectivity index (χ1) is 8.69. The van der Waals surface area contributed by atoms with Crippen LogP contribution in [-0.4, -0.2) is 41.9 Å². The van der Waals surface area contributed by atoms with E-state index >= 15 is 0 Å². The summed E-state index contributed by atoms with van der Waals surface area (Å²) in [6.45, 7) is 2.65. The smallest absolute Gasteiger partial charge is 0.218 e. The molecule has 98 valence electrons. The molecule has 1 aliphatic carbocycles. The Bertz CT molecular complexity index is 454. The molecule has 1 aliphatic heterocycles. The number of nitrogens with one attached hydrogen (secondary N) is 1. The van der Waals surface area contributed by atoms with Crippen molar-refractivity contribution in [1.29, 1.82) is 0 Å². The van der Waals surface area contributed by atoms with Gasteiger partial charge in [0.1, 0.15) is 11.6 Å². The first-order valence-corrected chi connectivity index (χ1v) is 6.22. The lowest BCUT2D eigenvalue weighted by Crippen LogP contribution is -2.65. The monoisotopic (exact) mass is 250 g/mol. The third kappa shape index (κ3) is 1.81. The molecule has 1 saturated heterocycles. The second-order valence-corrected chi connectivity index (χ2v) is 4.88. The molecule has 6 nitrogen and oxygen atoms in total. The topological polar surface area (TPSA) is 82.3 Å².